The van der Waals surface area contributed by atoms with Crippen LogP contribution in [0.4, 0.5) is 17.1 Å². The highest BCUT2D eigenvalue weighted by Crippen LogP contribution is 2.46. The molecule has 0 aromatic heterocycles. The first-order valence-electron chi connectivity index (χ1n) is 11.5. The van der Waals surface area contributed by atoms with Crippen LogP contribution in [0.5, 0.6) is 5.75 Å². The normalized spacial score (nSPS) is 18.6. The SMILES string of the molecule is CCCCC1CN(c2ccc(OC)cc2)c2cc(N(C)C)ccc2SC1CCCC. The average molecular weight is 427 g/mol. The molecular formula is C26H38N2OS. The molecule has 2 atom stereocenters. The lowest BCUT2D eigenvalue weighted by Gasteiger charge is -2.30. The van der Waals surface area contributed by atoms with E-state index in [9.17, 15) is 0 Å². The fraction of sp³-hybridized carbons (Fsp3) is 0.538. The molecule has 1 heterocycles. The van der Waals surface area contributed by atoms with Crippen molar-refractivity contribution in [2.45, 2.75) is 62.5 Å². The maximum Gasteiger partial charge on any atom is 0.119 e. The van der Waals surface area contributed by atoms with Crippen molar-refractivity contribution in [2.75, 3.05) is 37.5 Å². The first kappa shape index (κ1) is 22.9. The predicted molar refractivity (Wildman–Crippen MR) is 133 cm³/mol. The molecule has 0 radical (unpaired) electrons. The molecule has 30 heavy (non-hydrogen) atoms. The third-order valence-corrected chi connectivity index (χ3v) is 7.65. The Bertz CT molecular complexity index is 790. The van der Waals surface area contributed by atoms with Crippen LogP contribution < -0.4 is 14.5 Å². The number of methoxy groups -OCH3 is 1. The lowest BCUT2D eigenvalue weighted by atomic mass is 9.94. The molecule has 0 aliphatic carbocycles. The number of fused-ring (bicyclic) bond motifs is 1. The number of hydrogen-bond donors (Lipinski definition) is 0. The third kappa shape index (κ3) is 5.46. The second-order valence-corrected chi connectivity index (χ2v) is 9.84. The zero-order valence-corrected chi connectivity index (χ0v) is 20.2. The summed E-state index contributed by atoms with van der Waals surface area (Å²) in [5, 5.41) is 0.684. The van der Waals surface area contributed by atoms with Crippen LogP contribution in [0.25, 0.3) is 0 Å². The molecule has 1 aliphatic heterocycles. The van der Waals surface area contributed by atoms with E-state index in [1.165, 1.54) is 60.5 Å². The molecule has 0 spiro atoms. The van der Waals surface area contributed by atoms with Gasteiger partial charge in [0.25, 0.3) is 0 Å². The van der Waals surface area contributed by atoms with Gasteiger partial charge < -0.3 is 14.5 Å². The van der Waals surface area contributed by atoms with Crippen molar-refractivity contribution in [2.24, 2.45) is 5.92 Å². The minimum Gasteiger partial charge on any atom is -0.497 e. The smallest absolute Gasteiger partial charge is 0.119 e. The minimum absolute atomic E-state index is 0.684. The van der Waals surface area contributed by atoms with Gasteiger partial charge in [-0.3, -0.25) is 0 Å². The zero-order valence-electron chi connectivity index (χ0n) is 19.4. The Hall–Kier alpha value is -1.81. The zero-order chi connectivity index (χ0) is 21.5. The summed E-state index contributed by atoms with van der Waals surface area (Å²) in [4.78, 5) is 6.17. The van der Waals surface area contributed by atoms with Crippen LogP contribution in [0.2, 0.25) is 0 Å². The summed E-state index contributed by atoms with van der Waals surface area (Å²) < 4.78 is 5.41. The van der Waals surface area contributed by atoms with Gasteiger partial charge in [-0.1, -0.05) is 39.5 Å². The van der Waals surface area contributed by atoms with Crippen molar-refractivity contribution in [3.05, 3.63) is 42.5 Å². The lowest BCUT2D eigenvalue weighted by molar-refractivity contribution is 0.414. The molecule has 4 heteroatoms. The number of nitrogens with zero attached hydrogens (tertiary/aromatic N) is 2. The maximum absolute atomic E-state index is 5.41. The molecule has 3 rings (SSSR count). The predicted octanol–water partition coefficient (Wildman–Crippen LogP) is 7.37. The number of anilines is 3. The summed E-state index contributed by atoms with van der Waals surface area (Å²) in [6, 6.07) is 15.6. The van der Waals surface area contributed by atoms with Gasteiger partial charge in [-0.2, -0.15) is 0 Å². The Kier molecular flexibility index (Phi) is 8.38. The molecule has 3 nitrogen and oxygen atoms in total. The number of thioether (sulfide) groups is 1. The van der Waals surface area contributed by atoms with Crippen LogP contribution in [-0.2, 0) is 0 Å². The number of hydrogen-bond acceptors (Lipinski definition) is 4. The Morgan fingerprint density at radius 2 is 1.70 bits per heavy atom. The van der Waals surface area contributed by atoms with E-state index in [2.05, 4.69) is 92.0 Å². The molecule has 164 valence electrons. The van der Waals surface area contributed by atoms with E-state index < -0.39 is 0 Å². The van der Waals surface area contributed by atoms with Gasteiger partial charge in [0.15, 0.2) is 0 Å². The number of rotatable bonds is 9. The molecule has 2 aromatic carbocycles. The monoisotopic (exact) mass is 426 g/mol. The summed E-state index contributed by atoms with van der Waals surface area (Å²) in [5.74, 6) is 1.60. The fourth-order valence-corrected chi connectivity index (χ4v) is 5.72. The van der Waals surface area contributed by atoms with E-state index in [1.54, 1.807) is 7.11 Å². The van der Waals surface area contributed by atoms with Crippen molar-refractivity contribution in [3.8, 4) is 5.75 Å². The first-order chi connectivity index (χ1) is 14.6. The quantitative estimate of drug-likeness (QED) is 0.416. The van der Waals surface area contributed by atoms with Crippen molar-refractivity contribution >= 4 is 28.8 Å². The lowest BCUT2D eigenvalue weighted by Crippen LogP contribution is -2.29. The number of benzene rings is 2. The summed E-state index contributed by atoms with van der Waals surface area (Å²) in [5.41, 5.74) is 3.85. The van der Waals surface area contributed by atoms with Crippen molar-refractivity contribution in [3.63, 3.8) is 0 Å². The van der Waals surface area contributed by atoms with Crippen molar-refractivity contribution in [1.29, 1.82) is 0 Å². The fourth-order valence-electron chi connectivity index (χ4n) is 4.25. The Morgan fingerprint density at radius 3 is 2.33 bits per heavy atom. The van der Waals surface area contributed by atoms with Crippen LogP contribution in [-0.4, -0.2) is 33.0 Å². The Balaban J connectivity index is 2.04. The molecular weight excluding hydrogens is 388 g/mol. The molecule has 1 aliphatic rings. The van der Waals surface area contributed by atoms with Crippen molar-refractivity contribution in [1.82, 2.24) is 0 Å². The summed E-state index contributed by atoms with van der Waals surface area (Å²) in [6.45, 7) is 5.70. The highest BCUT2D eigenvalue weighted by atomic mass is 32.2. The van der Waals surface area contributed by atoms with E-state index in [1.807, 2.05) is 0 Å². The highest BCUT2D eigenvalue weighted by molar-refractivity contribution is 8.00. The van der Waals surface area contributed by atoms with Crippen LogP contribution in [0.1, 0.15) is 52.4 Å². The van der Waals surface area contributed by atoms with Crippen LogP contribution in [0.3, 0.4) is 0 Å². The Morgan fingerprint density at radius 1 is 1.00 bits per heavy atom. The summed E-state index contributed by atoms with van der Waals surface area (Å²) >= 11 is 2.12. The molecule has 0 bridgehead atoms. The van der Waals surface area contributed by atoms with E-state index in [0.717, 1.165) is 12.3 Å². The standard InChI is InChI=1S/C26H38N2OS/c1-6-8-10-20-19-28(21-12-15-23(29-5)16-13-21)24-18-22(27(3)4)14-17-26(24)30-25(20)11-9-7-2/h12-18,20,25H,6-11,19H2,1-5H3. The number of ether oxygens (including phenoxy) is 1. The largest absolute Gasteiger partial charge is 0.497 e. The van der Waals surface area contributed by atoms with E-state index >= 15 is 0 Å². The first-order valence-corrected chi connectivity index (χ1v) is 12.3. The van der Waals surface area contributed by atoms with E-state index in [0.29, 0.717) is 11.2 Å². The maximum atomic E-state index is 5.41. The van der Waals surface area contributed by atoms with Gasteiger partial charge in [0, 0.05) is 42.2 Å². The van der Waals surface area contributed by atoms with Gasteiger partial charge in [-0.05, 0) is 61.2 Å². The average Bonchev–Trinajstić information content (AvgIpc) is 2.92. The summed E-state index contributed by atoms with van der Waals surface area (Å²) in [6.07, 6.45) is 7.77. The molecule has 0 N–H and O–H groups in total. The van der Waals surface area contributed by atoms with Gasteiger partial charge in [-0.25, -0.2) is 0 Å². The van der Waals surface area contributed by atoms with Gasteiger partial charge in [0.1, 0.15) is 5.75 Å². The topological polar surface area (TPSA) is 15.7 Å². The molecule has 0 saturated heterocycles. The summed E-state index contributed by atoms with van der Waals surface area (Å²) in [7, 11) is 5.98. The van der Waals surface area contributed by atoms with Gasteiger partial charge in [0.2, 0.25) is 0 Å². The highest BCUT2D eigenvalue weighted by Gasteiger charge is 2.31. The molecule has 0 amide bonds. The molecule has 0 fully saturated rings. The van der Waals surface area contributed by atoms with Crippen LogP contribution >= 0.6 is 11.8 Å². The second kappa shape index (κ2) is 11.0. The molecule has 2 aromatic rings. The van der Waals surface area contributed by atoms with Gasteiger partial charge in [-0.15, -0.1) is 11.8 Å². The second-order valence-electron chi connectivity index (χ2n) is 8.56. The van der Waals surface area contributed by atoms with Gasteiger partial charge in [0.05, 0.1) is 12.8 Å². The van der Waals surface area contributed by atoms with E-state index in [4.69, 9.17) is 4.74 Å². The van der Waals surface area contributed by atoms with E-state index in [-0.39, 0.29) is 0 Å². The van der Waals surface area contributed by atoms with Gasteiger partial charge >= 0.3 is 0 Å². The van der Waals surface area contributed by atoms with Crippen molar-refractivity contribution < 1.29 is 4.74 Å². The minimum atomic E-state index is 0.684. The van der Waals surface area contributed by atoms with Crippen LogP contribution in [0, 0.1) is 5.92 Å². The molecule has 0 saturated carbocycles. The number of unbranched alkanes of at least 4 members (excludes halogenated alkanes) is 2. The Labute approximate surface area is 187 Å². The molecule has 2 unspecified atom stereocenters. The van der Waals surface area contributed by atoms with Crippen LogP contribution in [0.15, 0.2) is 47.4 Å². The third-order valence-electron chi connectivity index (χ3n) is 6.13.